The number of nitrogens with one attached hydrogen (secondary N) is 2. The van der Waals surface area contributed by atoms with E-state index < -0.39 is 0 Å². The maximum absolute atomic E-state index is 5.32. The van der Waals surface area contributed by atoms with Gasteiger partial charge in [0.2, 0.25) is 0 Å². The van der Waals surface area contributed by atoms with Gasteiger partial charge in [-0.3, -0.25) is 4.90 Å². The van der Waals surface area contributed by atoms with Crippen molar-refractivity contribution in [3.05, 3.63) is 35.4 Å². The SMILES string of the molecule is CCNC(=NCc1ccccc1CN(C)C(C)C)NCC1(CCOC)CCC1.I. The van der Waals surface area contributed by atoms with Crippen molar-refractivity contribution in [2.45, 2.75) is 65.6 Å². The minimum Gasteiger partial charge on any atom is -0.385 e. The molecule has 1 fully saturated rings. The summed E-state index contributed by atoms with van der Waals surface area (Å²) in [6.07, 6.45) is 5.02. The van der Waals surface area contributed by atoms with Crippen LogP contribution < -0.4 is 10.6 Å². The van der Waals surface area contributed by atoms with E-state index in [4.69, 9.17) is 9.73 Å². The van der Waals surface area contributed by atoms with Crippen LogP contribution in [0.5, 0.6) is 0 Å². The molecule has 2 rings (SSSR count). The number of hydrogen-bond donors (Lipinski definition) is 2. The molecule has 29 heavy (non-hydrogen) atoms. The van der Waals surface area contributed by atoms with Crippen molar-refractivity contribution in [1.29, 1.82) is 0 Å². The Labute approximate surface area is 195 Å². The molecule has 166 valence electrons. The molecular formula is C23H41IN4O. The van der Waals surface area contributed by atoms with Gasteiger partial charge in [0, 0.05) is 39.4 Å². The highest BCUT2D eigenvalue weighted by atomic mass is 127. The van der Waals surface area contributed by atoms with E-state index in [0.29, 0.717) is 18.0 Å². The second-order valence-corrected chi connectivity index (χ2v) is 8.42. The number of halogens is 1. The fourth-order valence-electron chi connectivity index (χ4n) is 3.60. The molecule has 0 amide bonds. The summed E-state index contributed by atoms with van der Waals surface area (Å²) in [4.78, 5) is 7.25. The Hall–Kier alpha value is -0.860. The number of hydrogen-bond acceptors (Lipinski definition) is 3. The smallest absolute Gasteiger partial charge is 0.191 e. The zero-order valence-electron chi connectivity index (χ0n) is 19.0. The molecule has 0 aromatic heterocycles. The number of nitrogens with zero attached hydrogens (tertiary/aromatic N) is 2. The first kappa shape index (κ1) is 26.2. The lowest BCUT2D eigenvalue weighted by Crippen LogP contribution is -2.47. The largest absolute Gasteiger partial charge is 0.385 e. The summed E-state index contributed by atoms with van der Waals surface area (Å²) in [6.45, 7) is 10.9. The van der Waals surface area contributed by atoms with E-state index in [9.17, 15) is 0 Å². The van der Waals surface area contributed by atoms with Crippen molar-refractivity contribution >= 4 is 29.9 Å². The van der Waals surface area contributed by atoms with Crippen molar-refractivity contribution in [3.63, 3.8) is 0 Å². The number of guanidine groups is 1. The van der Waals surface area contributed by atoms with Gasteiger partial charge in [-0.2, -0.15) is 0 Å². The number of aliphatic imine (C=N–C) groups is 1. The summed E-state index contributed by atoms with van der Waals surface area (Å²) in [5.74, 6) is 0.915. The van der Waals surface area contributed by atoms with Crippen molar-refractivity contribution in [2.24, 2.45) is 10.4 Å². The molecule has 2 N–H and O–H groups in total. The Morgan fingerprint density at radius 1 is 1.21 bits per heavy atom. The van der Waals surface area contributed by atoms with E-state index in [1.165, 1.54) is 30.4 Å². The molecule has 5 nitrogen and oxygen atoms in total. The van der Waals surface area contributed by atoms with Crippen molar-refractivity contribution in [2.75, 3.05) is 33.9 Å². The van der Waals surface area contributed by atoms with Gasteiger partial charge in [0.25, 0.3) is 0 Å². The molecule has 0 bridgehead atoms. The Bertz CT molecular complexity index is 617. The van der Waals surface area contributed by atoms with E-state index in [-0.39, 0.29) is 24.0 Å². The van der Waals surface area contributed by atoms with Crippen LogP contribution in [0.2, 0.25) is 0 Å². The maximum atomic E-state index is 5.32. The van der Waals surface area contributed by atoms with Gasteiger partial charge in [-0.05, 0) is 63.6 Å². The van der Waals surface area contributed by atoms with Crippen LogP contribution in [0.25, 0.3) is 0 Å². The number of rotatable bonds is 11. The summed E-state index contributed by atoms with van der Waals surface area (Å²) in [5.41, 5.74) is 3.03. The summed E-state index contributed by atoms with van der Waals surface area (Å²) >= 11 is 0. The fourth-order valence-corrected chi connectivity index (χ4v) is 3.60. The Morgan fingerprint density at radius 3 is 2.45 bits per heavy atom. The van der Waals surface area contributed by atoms with E-state index in [2.05, 4.69) is 67.6 Å². The summed E-state index contributed by atoms with van der Waals surface area (Å²) in [5, 5.41) is 7.00. The average molecular weight is 517 g/mol. The Kier molecular flexibility index (Phi) is 12.1. The van der Waals surface area contributed by atoms with Gasteiger partial charge in [-0.15, -0.1) is 24.0 Å². The first-order valence-electron chi connectivity index (χ1n) is 10.8. The molecule has 6 heteroatoms. The Morgan fingerprint density at radius 2 is 1.90 bits per heavy atom. The van der Waals surface area contributed by atoms with Gasteiger partial charge < -0.3 is 15.4 Å². The topological polar surface area (TPSA) is 48.9 Å². The molecule has 0 unspecified atom stereocenters. The predicted molar refractivity (Wildman–Crippen MR) is 134 cm³/mol. The first-order chi connectivity index (χ1) is 13.5. The second kappa shape index (κ2) is 13.4. The van der Waals surface area contributed by atoms with Gasteiger partial charge in [0.1, 0.15) is 0 Å². The second-order valence-electron chi connectivity index (χ2n) is 8.42. The van der Waals surface area contributed by atoms with E-state index >= 15 is 0 Å². The molecule has 1 aromatic carbocycles. The number of methoxy groups -OCH3 is 1. The van der Waals surface area contributed by atoms with Gasteiger partial charge >= 0.3 is 0 Å². The van der Waals surface area contributed by atoms with Crippen LogP contribution in [-0.4, -0.2) is 50.8 Å². The third-order valence-corrected chi connectivity index (χ3v) is 6.05. The van der Waals surface area contributed by atoms with E-state index in [1.54, 1.807) is 7.11 Å². The van der Waals surface area contributed by atoms with Gasteiger partial charge in [-0.1, -0.05) is 30.7 Å². The van der Waals surface area contributed by atoms with Crippen LogP contribution in [0.15, 0.2) is 29.3 Å². The molecule has 0 aliphatic heterocycles. The van der Waals surface area contributed by atoms with Crippen LogP contribution in [-0.2, 0) is 17.8 Å². The molecular weight excluding hydrogens is 475 g/mol. The molecule has 0 heterocycles. The van der Waals surface area contributed by atoms with Crippen LogP contribution >= 0.6 is 24.0 Å². The summed E-state index contributed by atoms with van der Waals surface area (Å²) in [6, 6.07) is 9.18. The van der Waals surface area contributed by atoms with Crippen LogP contribution in [0.1, 0.15) is 57.6 Å². The maximum Gasteiger partial charge on any atom is 0.191 e. The third-order valence-electron chi connectivity index (χ3n) is 6.05. The minimum absolute atomic E-state index is 0. The summed E-state index contributed by atoms with van der Waals surface area (Å²) in [7, 11) is 3.97. The predicted octanol–water partition coefficient (Wildman–Crippen LogP) is 4.41. The monoisotopic (exact) mass is 516 g/mol. The first-order valence-corrected chi connectivity index (χ1v) is 10.8. The zero-order chi connectivity index (χ0) is 20.4. The molecule has 1 aliphatic carbocycles. The van der Waals surface area contributed by atoms with E-state index in [0.717, 1.165) is 38.6 Å². The normalized spacial score (nSPS) is 15.8. The molecule has 1 aliphatic rings. The highest BCUT2D eigenvalue weighted by Crippen LogP contribution is 2.43. The zero-order valence-corrected chi connectivity index (χ0v) is 21.3. The fraction of sp³-hybridized carbons (Fsp3) is 0.696. The highest BCUT2D eigenvalue weighted by Gasteiger charge is 2.36. The molecule has 1 saturated carbocycles. The molecule has 0 atom stereocenters. The Balaban J connectivity index is 0.00000420. The number of benzene rings is 1. The van der Waals surface area contributed by atoms with Gasteiger partial charge in [0.05, 0.1) is 6.54 Å². The van der Waals surface area contributed by atoms with Crippen LogP contribution in [0.3, 0.4) is 0 Å². The lowest BCUT2D eigenvalue weighted by atomic mass is 9.67. The molecule has 1 aromatic rings. The minimum atomic E-state index is 0. The average Bonchev–Trinajstić information content (AvgIpc) is 2.65. The quantitative estimate of drug-likeness (QED) is 0.260. The van der Waals surface area contributed by atoms with Gasteiger partial charge in [-0.25, -0.2) is 4.99 Å². The lowest BCUT2D eigenvalue weighted by Gasteiger charge is -2.42. The molecule has 0 spiro atoms. The van der Waals surface area contributed by atoms with E-state index in [1.807, 2.05) is 0 Å². The number of ether oxygens (including phenoxy) is 1. The van der Waals surface area contributed by atoms with Crippen molar-refractivity contribution < 1.29 is 4.74 Å². The summed E-state index contributed by atoms with van der Waals surface area (Å²) < 4.78 is 5.32. The van der Waals surface area contributed by atoms with Gasteiger partial charge in [0.15, 0.2) is 5.96 Å². The van der Waals surface area contributed by atoms with Crippen LogP contribution in [0.4, 0.5) is 0 Å². The lowest BCUT2D eigenvalue weighted by molar-refractivity contribution is 0.0732. The standard InChI is InChI=1S/C23H40N4O.HI/c1-6-24-22(26-18-23(12-9-13-23)14-15-28-5)25-16-20-10-7-8-11-21(20)17-27(4)19(2)3;/h7-8,10-11,19H,6,9,12-18H2,1-5H3,(H2,24,25,26);1H. The van der Waals surface area contributed by atoms with Crippen molar-refractivity contribution in [1.82, 2.24) is 15.5 Å². The third kappa shape index (κ3) is 8.42. The van der Waals surface area contributed by atoms with Crippen LogP contribution in [0, 0.1) is 5.41 Å². The van der Waals surface area contributed by atoms with Crippen molar-refractivity contribution in [3.8, 4) is 0 Å². The molecule has 0 radical (unpaired) electrons. The highest BCUT2D eigenvalue weighted by molar-refractivity contribution is 14.0. The molecule has 0 saturated heterocycles.